The van der Waals surface area contributed by atoms with E-state index in [4.69, 9.17) is 4.74 Å². The predicted molar refractivity (Wildman–Crippen MR) is 94.3 cm³/mol. The quantitative estimate of drug-likeness (QED) is 0.651. The predicted octanol–water partition coefficient (Wildman–Crippen LogP) is 2.19. The van der Waals surface area contributed by atoms with Crippen LogP contribution in [0.3, 0.4) is 0 Å². The first kappa shape index (κ1) is 19.5. The number of anilines is 1. The van der Waals surface area contributed by atoms with Crippen molar-refractivity contribution in [3.8, 4) is 0 Å². The second-order valence-electron chi connectivity index (χ2n) is 4.59. The van der Waals surface area contributed by atoms with Crippen LogP contribution in [0, 0.1) is 0 Å². The van der Waals surface area contributed by atoms with E-state index in [0.29, 0.717) is 5.69 Å². The van der Waals surface area contributed by atoms with Gasteiger partial charge in [0.15, 0.2) is 0 Å². The molecule has 2 amide bonds. The van der Waals surface area contributed by atoms with Crippen LogP contribution >= 0.6 is 27.7 Å². The number of nitrogens with one attached hydrogen (secondary N) is 2. The fourth-order valence-corrected chi connectivity index (χ4v) is 2.64. The molecule has 0 fully saturated rings. The molecule has 0 aliphatic rings. The smallest absolute Gasteiger partial charge is 0.328 e. The largest absolute Gasteiger partial charge is 0.464 e. The molecule has 0 heterocycles. The molecule has 6 nitrogen and oxygen atoms in total. The van der Waals surface area contributed by atoms with Crippen LogP contribution in [-0.4, -0.2) is 41.9 Å². The van der Waals surface area contributed by atoms with Crippen molar-refractivity contribution < 1.29 is 19.1 Å². The number of carbonyl (C=O) groups is 3. The Morgan fingerprint density at radius 2 is 1.96 bits per heavy atom. The summed E-state index contributed by atoms with van der Waals surface area (Å²) in [5.74, 6) is -0.744. The number of rotatable bonds is 8. The van der Waals surface area contributed by atoms with E-state index in [1.807, 2.05) is 12.1 Å². The molecule has 0 aliphatic carbocycles. The molecule has 0 radical (unpaired) electrons. The molecule has 0 saturated heterocycles. The fourth-order valence-electron chi connectivity index (χ4n) is 1.61. The van der Waals surface area contributed by atoms with Crippen LogP contribution in [0.5, 0.6) is 0 Å². The molecular formula is C15H19BrN2O4S. The fraction of sp³-hybridized carbons (Fsp3) is 0.400. The molecular weight excluding hydrogens is 384 g/mol. The molecule has 2 N–H and O–H groups in total. The number of hydrogen-bond donors (Lipinski definition) is 2. The van der Waals surface area contributed by atoms with Crippen molar-refractivity contribution in [3.63, 3.8) is 0 Å². The molecule has 23 heavy (non-hydrogen) atoms. The summed E-state index contributed by atoms with van der Waals surface area (Å²) in [7, 11) is 0. The molecule has 0 spiro atoms. The Bertz CT molecular complexity index is 568. The van der Waals surface area contributed by atoms with Gasteiger partial charge < -0.3 is 15.4 Å². The maximum absolute atomic E-state index is 11.8. The Balaban J connectivity index is 2.26. The van der Waals surface area contributed by atoms with Gasteiger partial charge >= 0.3 is 5.97 Å². The summed E-state index contributed by atoms with van der Waals surface area (Å²) in [6.45, 7) is 3.52. The number of carbonyl (C=O) groups excluding carboxylic acids is 3. The zero-order valence-electron chi connectivity index (χ0n) is 12.9. The Labute approximate surface area is 147 Å². The van der Waals surface area contributed by atoms with Crippen molar-refractivity contribution in [2.45, 2.75) is 19.9 Å². The third-order valence-corrected chi connectivity index (χ3v) is 4.02. The van der Waals surface area contributed by atoms with Crippen LogP contribution in [0.2, 0.25) is 0 Å². The molecule has 0 aromatic heterocycles. The zero-order chi connectivity index (χ0) is 17.2. The lowest BCUT2D eigenvalue weighted by Crippen LogP contribution is -2.40. The lowest BCUT2D eigenvalue weighted by molar-refractivity contribution is -0.146. The van der Waals surface area contributed by atoms with Crippen LogP contribution in [0.25, 0.3) is 0 Å². The maximum Gasteiger partial charge on any atom is 0.328 e. The number of hydrogen-bond acceptors (Lipinski definition) is 5. The summed E-state index contributed by atoms with van der Waals surface area (Å²) < 4.78 is 5.67. The van der Waals surface area contributed by atoms with Crippen LogP contribution in [0.15, 0.2) is 28.7 Å². The third-order valence-electron chi connectivity index (χ3n) is 2.59. The Morgan fingerprint density at radius 1 is 1.26 bits per heavy atom. The second kappa shape index (κ2) is 10.3. The van der Waals surface area contributed by atoms with E-state index in [1.54, 1.807) is 26.0 Å². The minimum Gasteiger partial charge on any atom is -0.464 e. The van der Waals surface area contributed by atoms with Crippen LogP contribution < -0.4 is 10.6 Å². The zero-order valence-corrected chi connectivity index (χ0v) is 15.3. The molecule has 0 saturated carbocycles. The van der Waals surface area contributed by atoms with Crippen molar-refractivity contribution in [1.82, 2.24) is 5.32 Å². The first-order valence-electron chi connectivity index (χ1n) is 7.01. The molecule has 8 heteroatoms. The van der Waals surface area contributed by atoms with Gasteiger partial charge in [-0.25, -0.2) is 4.79 Å². The van der Waals surface area contributed by atoms with E-state index >= 15 is 0 Å². The summed E-state index contributed by atoms with van der Waals surface area (Å²) in [6.07, 6.45) is 0. The van der Waals surface area contributed by atoms with Crippen LogP contribution in [-0.2, 0) is 19.1 Å². The number of thioether (sulfide) groups is 1. The number of ether oxygens (including phenoxy) is 1. The average Bonchev–Trinajstić information content (AvgIpc) is 2.47. The van der Waals surface area contributed by atoms with Gasteiger partial charge in [0, 0.05) is 10.2 Å². The summed E-state index contributed by atoms with van der Waals surface area (Å²) in [6, 6.07) is 6.55. The second-order valence-corrected chi connectivity index (χ2v) is 6.49. The van der Waals surface area contributed by atoms with Gasteiger partial charge in [-0.1, -0.05) is 22.0 Å². The van der Waals surface area contributed by atoms with Gasteiger partial charge in [-0.15, -0.1) is 11.8 Å². The number of esters is 1. The lowest BCUT2D eigenvalue weighted by Gasteiger charge is -2.12. The van der Waals surface area contributed by atoms with Gasteiger partial charge in [-0.3, -0.25) is 9.59 Å². The van der Waals surface area contributed by atoms with Crippen molar-refractivity contribution in [2.75, 3.05) is 23.4 Å². The van der Waals surface area contributed by atoms with Gasteiger partial charge in [0.25, 0.3) is 0 Å². The monoisotopic (exact) mass is 402 g/mol. The van der Waals surface area contributed by atoms with Crippen molar-refractivity contribution in [1.29, 1.82) is 0 Å². The van der Waals surface area contributed by atoms with Gasteiger partial charge in [-0.05, 0) is 32.0 Å². The molecule has 126 valence electrons. The highest BCUT2D eigenvalue weighted by molar-refractivity contribution is 9.10. The van der Waals surface area contributed by atoms with Crippen molar-refractivity contribution >= 4 is 51.2 Å². The number of amides is 2. The summed E-state index contributed by atoms with van der Waals surface area (Å²) >= 11 is 4.49. The molecule has 0 aliphatic heterocycles. The van der Waals surface area contributed by atoms with E-state index in [-0.39, 0.29) is 29.9 Å². The van der Waals surface area contributed by atoms with E-state index in [9.17, 15) is 14.4 Å². The summed E-state index contributed by atoms with van der Waals surface area (Å²) in [5.41, 5.74) is 0.686. The first-order valence-corrected chi connectivity index (χ1v) is 8.96. The van der Waals surface area contributed by atoms with Crippen LogP contribution in [0.4, 0.5) is 5.69 Å². The SMILES string of the molecule is CCOC(=O)C(C)NC(=O)CSCC(=O)Nc1cccc(Br)c1. The van der Waals surface area contributed by atoms with Crippen LogP contribution in [0.1, 0.15) is 13.8 Å². The molecule has 1 unspecified atom stereocenters. The van der Waals surface area contributed by atoms with Gasteiger partial charge in [0.1, 0.15) is 6.04 Å². The summed E-state index contributed by atoms with van der Waals surface area (Å²) in [5, 5.41) is 5.26. The standard InChI is InChI=1S/C15H19BrN2O4S/c1-3-22-15(21)10(2)17-13(19)8-23-9-14(20)18-12-6-4-5-11(16)7-12/h4-7,10H,3,8-9H2,1-2H3,(H,17,19)(H,18,20). The Morgan fingerprint density at radius 3 is 2.61 bits per heavy atom. The third kappa shape index (κ3) is 8.03. The van der Waals surface area contributed by atoms with E-state index < -0.39 is 12.0 Å². The highest BCUT2D eigenvalue weighted by Crippen LogP contribution is 2.15. The highest BCUT2D eigenvalue weighted by Gasteiger charge is 2.16. The summed E-state index contributed by atoms with van der Waals surface area (Å²) in [4.78, 5) is 34.8. The van der Waals surface area contributed by atoms with Gasteiger partial charge in [0.2, 0.25) is 11.8 Å². The number of benzene rings is 1. The van der Waals surface area contributed by atoms with Crippen molar-refractivity contribution in [3.05, 3.63) is 28.7 Å². The lowest BCUT2D eigenvalue weighted by atomic mass is 10.3. The molecule has 1 rings (SSSR count). The minimum atomic E-state index is -0.696. The van der Waals surface area contributed by atoms with Crippen molar-refractivity contribution in [2.24, 2.45) is 0 Å². The van der Waals surface area contributed by atoms with E-state index in [0.717, 1.165) is 4.47 Å². The molecule has 1 aromatic rings. The molecule has 0 bridgehead atoms. The Kier molecular flexibility index (Phi) is 8.71. The van der Waals surface area contributed by atoms with E-state index in [1.165, 1.54) is 11.8 Å². The Hall–Kier alpha value is -1.54. The topological polar surface area (TPSA) is 84.5 Å². The van der Waals surface area contributed by atoms with Gasteiger partial charge in [0.05, 0.1) is 18.1 Å². The molecule has 1 aromatic carbocycles. The van der Waals surface area contributed by atoms with E-state index in [2.05, 4.69) is 26.6 Å². The maximum atomic E-state index is 11.8. The number of halogens is 1. The average molecular weight is 403 g/mol. The normalized spacial score (nSPS) is 11.4. The molecule has 1 atom stereocenters. The highest BCUT2D eigenvalue weighted by atomic mass is 79.9. The minimum absolute atomic E-state index is 0.0929. The first-order chi connectivity index (χ1) is 10.9. The van der Waals surface area contributed by atoms with Gasteiger partial charge in [-0.2, -0.15) is 0 Å².